The number of esters is 1. The minimum absolute atomic E-state index is 0.0461. The molecule has 0 radical (unpaired) electrons. The monoisotopic (exact) mass is 260 g/mol. The van der Waals surface area contributed by atoms with E-state index in [9.17, 15) is 4.79 Å². The fourth-order valence-electron chi connectivity index (χ4n) is 0.296. The SMILES string of the molecule is C=CC(=O)OCCCO.OP(O)(=S)S. The van der Waals surface area contributed by atoms with Crippen molar-refractivity contribution in [1.82, 2.24) is 0 Å². The predicted molar refractivity (Wildman–Crippen MR) is 60.6 cm³/mol. The lowest BCUT2D eigenvalue weighted by molar-refractivity contribution is -0.137. The van der Waals surface area contributed by atoms with Crippen molar-refractivity contribution in [3.05, 3.63) is 12.7 Å². The Morgan fingerprint density at radius 3 is 2.36 bits per heavy atom. The summed E-state index contributed by atoms with van der Waals surface area (Å²) in [4.78, 5) is 26.0. The molecule has 0 aromatic heterocycles. The number of aliphatic hydroxyl groups excluding tert-OH is 1. The molecule has 0 aromatic carbocycles. The van der Waals surface area contributed by atoms with E-state index in [0.29, 0.717) is 6.42 Å². The summed E-state index contributed by atoms with van der Waals surface area (Å²) >= 11 is 7.07. The molecule has 3 N–H and O–H groups in total. The van der Waals surface area contributed by atoms with Crippen molar-refractivity contribution in [2.24, 2.45) is 0 Å². The van der Waals surface area contributed by atoms with Crippen LogP contribution in [0.5, 0.6) is 0 Å². The van der Waals surface area contributed by atoms with E-state index in [-0.39, 0.29) is 13.2 Å². The van der Waals surface area contributed by atoms with E-state index in [2.05, 4.69) is 35.4 Å². The van der Waals surface area contributed by atoms with Gasteiger partial charge < -0.3 is 19.6 Å². The smallest absolute Gasteiger partial charge is 0.330 e. The van der Waals surface area contributed by atoms with Crippen LogP contribution < -0.4 is 0 Å². The van der Waals surface area contributed by atoms with Gasteiger partial charge in [0.2, 0.25) is 5.69 Å². The molecule has 0 saturated heterocycles. The van der Waals surface area contributed by atoms with Gasteiger partial charge in [-0.3, -0.25) is 0 Å². The highest BCUT2D eigenvalue weighted by Crippen LogP contribution is 2.39. The van der Waals surface area contributed by atoms with Crippen LogP contribution in [0.25, 0.3) is 0 Å². The fourth-order valence-corrected chi connectivity index (χ4v) is 0.296. The van der Waals surface area contributed by atoms with Gasteiger partial charge in [-0.05, 0) is 11.8 Å². The second-order valence-corrected chi connectivity index (χ2v) is 7.00. The molecule has 0 rings (SSSR count). The second-order valence-electron chi connectivity index (χ2n) is 1.96. The highest BCUT2D eigenvalue weighted by atomic mass is 32.9. The topological polar surface area (TPSA) is 87.0 Å². The van der Waals surface area contributed by atoms with Crippen molar-refractivity contribution in [1.29, 1.82) is 0 Å². The standard InChI is InChI=1S/C6H10O3.H3O2PS2/c1-2-6(8)9-5-3-4-7;1-3(2,4)5/h2,7H,1,3-5H2;(H3,1,2,4,5). The predicted octanol–water partition coefficient (Wildman–Crippen LogP) is 0.223. The van der Waals surface area contributed by atoms with Crippen LogP contribution in [-0.4, -0.2) is 34.1 Å². The van der Waals surface area contributed by atoms with E-state index in [1.54, 1.807) is 0 Å². The number of thiol groups is 1. The number of hydrogen-bond donors (Lipinski definition) is 4. The van der Waals surface area contributed by atoms with Gasteiger partial charge in [0.05, 0.1) is 6.61 Å². The van der Waals surface area contributed by atoms with Gasteiger partial charge in [0.25, 0.3) is 0 Å². The van der Waals surface area contributed by atoms with Crippen LogP contribution in [0, 0.1) is 0 Å². The Morgan fingerprint density at radius 2 is 2.07 bits per heavy atom. The molecule has 0 aliphatic heterocycles. The van der Waals surface area contributed by atoms with E-state index < -0.39 is 11.7 Å². The molecule has 14 heavy (non-hydrogen) atoms. The Bertz CT molecular complexity index is 206. The summed E-state index contributed by atoms with van der Waals surface area (Å²) in [6.45, 7) is 3.51. The molecule has 0 atom stereocenters. The molecular weight excluding hydrogens is 247 g/mol. The van der Waals surface area contributed by atoms with Crippen molar-refractivity contribution >= 4 is 35.7 Å². The van der Waals surface area contributed by atoms with Crippen molar-refractivity contribution in [3.8, 4) is 0 Å². The highest BCUT2D eigenvalue weighted by molar-refractivity contribution is 8.59. The van der Waals surface area contributed by atoms with Gasteiger partial charge in [-0.2, -0.15) is 0 Å². The average Bonchev–Trinajstić information content (AvgIpc) is 2.01. The lowest BCUT2D eigenvalue weighted by Crippen LogP contribution is -2.02. The van der Waals surface area contributed by atoms with Crippen molar-refractivity contribution in [2.75, 3.05) is 13.2 Å². The molecule has 0 unspecified atom stereocenters. The third kappa shape index (κ3) is 29.6. The molecule has 0 spiro atoms. The Kier molecular flexibility index (Phi) is 11.4. The minimum atomic E-state index is -3.11. The molecule has 5 nitrogen and oxygen atoms in total. The quantitative estimate of drug-likeness (QED) is 0.190. The van der Waals surface area contributed by atoms with Gasteiger partial charge in [-0.15, -0.1) is 0 Å². The third-order valence-corrected chi connectivity index (χ3v) is 0.713. The summed E-state index contributed by atoms with van der Waals surface area (Å²) in [6, 6.07) is 0. The maximum absolute atomic E-state index is 10.3. The van der Waals surface area contributed by atoms with Crippen LogP contribution in [-0.2, 0) is 21.3 Å². The van der Waals surface area contributed by atoms with Crippen LogP contribution in [0.2, 0.25) is 0 Å². The summed E-state index contributed by atoms with van der Waals surface area (Å²) in [5.41, 5.74) is -3.11. The number of rotatable bonds is 4. The Balaban J connectivity index is 0. The molecule has 0 aliphatic carbocycles. The molecule has 0 aliphatic rings. The number of ether oxygens (including phenoxy) is 1. The van der Waals surface area contributed by atoms with Crippen LogP contribution in [0.1, 0.15) is 6.42 Å². The molecule has 0 saturated carbocycles. The number of aliphatic hydroxyl groups is 1. The minimum Gasteiger partial charge on any atom is -0.462 e. The second kappa shape index (κ2) is 9.64. The molecule has 84 valence electrons. The first-order valence-electron chi connectivity index (χ1n) is 3.49. The van der Waals surface area contributed by atoms with E-state index in [1.165, 1.54) is 0 Å². The fraction of sp³-hybridized carbons (Fsp3) is 0.500. The lowest BCUT2D eigenvalue weighted by atomic mass is 10.5. The largest absolute Gasteiger partial charge is 0.462 e. The molecule has 8 heteroatoms. The summed E-state index contributed by atoms with van der Waals surface area (Å²) in [7, 11) is 0. The van der Waals surface area contributed by atoms with Crippen molar-refractivity contribution in [3.63, 3.8) is 0 Å². The Hall–Kier alpha value is 0.0900. The molecule has 0 amide bonds. The highest BCUT2D eigenvalue weighted by Gasteiger charge is 1.91. The van der Waals surface area contributed by atoms with Gasteiger partial charge in [0.15, 0.2) is 0 Å². The molecule has 0 heterocycles. The molecular formula is C6H13O5PS2. The Morgan fingerprint density at radius 1 is 1.64 bits per heavy atom. The zero-order valence-electron chi connectivity index (χ0n) is 7.37. The number of carbonyl (C=O) groups is 1. The zero-order chi connectivity index (χ0) is 11.6. The normalized spacial score (nSPS) is 9.71. The van der Waals surface area contributed by atoms with E-state index >= 15 is 0 Å². The summed E-state index contributed by atoms with van der Waals surface area (Å²) < 4.78 is 4.51. The van der Waals surface area contributed by atoms with E-state index in [0.717, 1.165) is 6.08 Å². The third-order valence-electron chi connectivity index (χ3n) is 0.713. The van der Waals surface area contributed by atoms with Gasteiger partial charge in [-0.25, -0.2) is 4.79 Å². The maximum atomic E-state index is 10.3. The summed E-state index contributed by atoms with van der Waals surface area (Å²) in [5.74, 6) is -0.441. The van der Waals surface area contributed by atoms with E-state index in [4.69, 9.17) is 14.9 Å². The first-order valence-corrected chi connectivity index (χ1v) is 7.35. The maximum Gasteiger partial charge on any atom is 0.330 e. The van der Waals surface area contributed by atoms with Crippen LogP contribution in [0.3, 0.4) is 0 Å². The van der Waals surface area contributed by atoms with Gasteiger partial charge in [-0.1, -0.05) is 18.8 Å². The first kappa shape index (κ1) is 16.5. The summed E-state index contributed by atoms with van der Waals surface area (Å²) in [5, 5.41) is 8.23. The molecule has 0 aromatic rings. The van der Waals surface area contributed by atoms with Gasteiger partial charge in [0.1, 0.15) is 0 Å². The Labute approximate surface area is 92.7 Å². The lowest BCUT2D eigenvalue weighted by Gasteiger charge is -1.96. The number of hydrogen-bond acceptors (Lipinski definition) is 4. The zero-order valence-corrected chi connectivity index (χ0v) is 9.97. The van der Waals surface area contributed by atoms with Crippen LogP contribution in [0.15, 0.2) is 12.7 Å². The van der Waals surface area contributed by atoms with Gasteiger partial charge >= 0.3 is 5.97 Å². The van der Waals surface area contributed by atoms with Crippen LogP contribution in [0.4, 0.5) is 0 Å². The number of carbonyl (C=O) groups excluding carboxylic acids is 1. The van der Waals surface area contributed by atoms with Gasteiger partial charge in [0, 0.05) is 19.1 Å². The first-order chi connectivity index (χ1) is 6.31. The average molecular weight is 260 g/mol. The summed E-state index contributed by atoms with van der Waals surface area (Å²) in [6.07, 6.45) is 1.58. The molecule has 0 fully saturated rings. The van der Waals surface area contributed by atoms with E-state index in [1.807, 2.05) is 0 Å². The van der Waals surface area contributed by atoms with Crippen molar-refractivity contribution < 1.29 is 24.4 Å². The van der Waals surface area contributed by atoms with Crippen LogP contribution >= 0.6 is 17.9 Å². The molecule has 0 bridgehead atoms. The van der Waals surface area contributed by atoms with Crippen molar-refractivity contribution in [2.45, 2.75) is 6.42 Å².